The van der Waals surface area contributed by atoms with E-state index in [2.05, 4.69) is 0 Å². The highest BCUT2D eigenvalue weighted by Gasteiger charge is 2.96. The van der Waals surface area contributed by atoms with Crippen molar-refractivity contribution in [3.8, 4) is 0 Å². The summed E-state index contributed by atoms with van der Waals surface area (Å²) in [6.45, 7) is 5.48. The molecule has 0 aromatic heterocycles. The van der Waals surface area contributed by atoms with Crippen LogP contribution in [0.5, 0.6) is 0 Å². The van der Waals surface area contributed by atoms with Crippen LogP contribution in [0, 0.1) is 58.2 Å². The topological polar surface area (TPSA) is 168 Å². The molecule has 10 heteroatoms. The van der Waals surface area contributed by atoms with Gasteiger partial charge in [0, 0.05) is 22.7 Å². The summed E-state index contributed by atoms with van der Waals surface area (Å²) in [5.74, 6) is -7.54. The van der Waals surface area contributed by atoms with E-state index in [0.29, 0.717) is 6.42 Å². The third-order valence-corrected chi connectivity index (χ3v) is 11.7. The summed E-state index contributed by atoms with van der Waals surface area (Å²) in [5.41, 5.74) is -3.01. The highest BCUT2D eigenvalue weighted by atomic mass is 16.6. The van der Waals surface area contributed by atoms with Crippen molar-refractivity contribution in [2.75, 3.05) is 0 Å². The third kappa shape index (κ3) is 1.89. The van der Waals surface area contributed by atoms with Crippen LogP contribution >= 0.6 is 0 Å². The van der Waals surface area contributed by atoms with Crippen LogP contribution in [0.1, 0.15) is 27.2 Å². The zero-order valence-corrected chi connectivity index (χ0v) is 19.5. The van der Waals surface area contributed by atoms with Crippen LogP contribution in [0.4, 0.5) is 0 Å². The average molecular weight is 488 g/mol. The lowest BCUT2D eigenvalue weighted by atomic mass is 9.38. The Labute approximate surface area is 200 Å². The SMILES string of the molecule is CC1=CC(=O)[C@@H](O)[C@@]2(C)C1CC1OC(=O)[C@H](OC(=O)C(=O)O)C3[C@@H](C)C4C5[C@@H]6C4[C@@]13C2[C@@]6(O)[C@@H]5O. The first-order chi connectivity index (χ1) is 16.3. The summed E-state index contributed by atoms with van der Waals surface area (Å²) in [5, 5.41) is 43.9. The van der Waals surface area contributed by atoms with Crippen LogP contribution in [-0.2, 0) is 28.7 Å². The summed E-state index contributed by atoms with van der Waals surface area (Å²) in [4.78, 5) is 49.5. The standard InChI is InChI=1S/C25H28O10/c1-6-4-9(26)17(27)23(3)8(6)5-10-24-13(16(20(31)34-10)35-21(32)19(29)30)7(2)11-12-15(14(11)24)25(33,18(12)28)22(23)24/h4,7-8,10-18,22,27-28,33H,5H2,1-3H3,(H,29,30)/t7-,8?,10?,11?,12?,13?,14?,15+,16+,17+,18+,22?,23+,24+,25-/m0/s1. The highest BCUT2D eigenvalue weighted by Crippen LogP contribution is 2.90. The van der Waals surface area contributed by atoms with Crippen molar-refractivity contribution in [3.63, 3.8) is 0 Å². The number of hydrogen-bond donors (Lipinski definition) is 4. The molecule has 0 radical (unpaired) electrons. The Bertz CT molecular complexity index is 1160. The van der Waals surface area contributed by atoms with Gasteiger partial charge < -0.3 is 29.9 Å². The zero-order chi connectivity index (χ0) is 25.1. The second-order valence-electron chi connectivity index (χ2n) is 12.3. The van der Waals surface area contributed by atoms with Crippen LogP contribution in [0.15, 0.2) is 11.6 Å². The van der Waals surface area contributed by atoms with E-state index in [0.717, 1.165) is 5.57 Å². The quantitative estimate of drug-likeness (QED) is 0.273. The second kappa shape index (κ2) is 5.98. The Balaban J connectivity index is 1.48. The molecule has 188 valence electrons. The van der Waals surface area contributed by atoms with Gasteiger partial charge in [0.15, 0.2) is 5.78 Å². The molecule has 1 aliphatic heterocycles. The number of hydrogen-bond acceptors (Lipinski definition) is 9. The summed E-state index contributed by atoms with van der Waals surface area (Å²) < 4.78 is 11.2. The number of fused-ring (bicyclic) bond motifs is 4. The van der Waals surface area contributed by atoms with E-state index >= 15 is 0 Å². The maximum Gasteiger partial charge on any atom is 0.418 e. The number of ketones is 1. The minimum atomic E-state index is -1.83. The maximum atomic E-state index is 13.2. The number of carbonyl (C=O) groups excluding carboxylic acids is 3. The van der Waals surface area contributed by atoms with Gasteiger partial charge in [0.1, 0.15) is 12.2 Å². The fourth-order valence-electron chi connectivity index (χ4n) is 11.2. The van der Waals surface area contributed by atoms with E-state index in [1.165, 1.54) is 6.08 Å². The number of aliphatic carboxylic acids is 1. The van der Waals surface area contributed by atoms with E-state index in [9.17, 15) is 34.5 Å². The first kappa shape index (κ1) is 21.9. The molecule has 1 heterocycles. The Morgan fingerprint density at radius 3 is 2.49 bits per heavy atom. The van der Waals surface area contributed by atoms with Crippen molar-refractivity contribution in [3.05, 3.63) is 11.6 Å². The molecule has 4 N–H and O–H groups in total. The molecule has 15 atom stereocenters. The van der Waals surface area contributed by atoms with Gasteiger partial charge in [-0.15, -0.1) is 0 Å². The molecule has 1 spiro atoms. The van der Waals surface area contributed by atoms with Crippen LogP contribution in [0.3, 0.4) is 0 Å². The fraction of sp³-hybridized carbons (Fsp3) is 0.760. The zero-order valence-electron chi connectivity index (χ0n) is 19.5. The Morgan fingerprint density at radius 1 is 1.14 bits per heavy atom. The van der Waals surface area contributed by atoms with Gasteiger partial charge in [-0.05, 0) is 54.9 Å². The lowest BCUT2D eigenvalue weighted by Crippen LogP contribution is -2.79. The van der Waals surface area contributed by atoms with Gasteiger partial charge in [-0.25, -0.2) is 14.4 Å². The van der Waals surface area contributed by atoms with Gasteiger partial charge in [-0.1, -0.05) is 19.4 Å². The largest absolute Gasteiger partial charge is 0.473 e. The second-order valence-corrected chi connectivity index (χ2v) is 12.3. The molecule has 0 bridgehead atoms. The normalized spacial score (nSPS) is 60.2. The number of aliphatic hydroxyl groups excluding tert-OH is 2. The number of ether oxygens (including phenoxy) is 2. The smallest absolute Gasteiger partial charge is 0.418 e. The molecule has 0 aromatic rings. The minimum Gasteiger partial charge on any atom is -0.473 e. The molecule has 7 aliphatic rings. The molecule has 7 unspecified atom stereocenters. The number of carboxylic acids is 1. The molecule has 10 nitrogen and oxygen atoms in total. The first-order valence-corrected chi connectivity index (χ1v) is 12.3. The van der Waals surface area contributed by atoms with E-state index < -0.39 is 76.4 Å². The van der Waals surface area contributed by atoms with Crippen molar-refractivity contribution in [1.29, 1.82) is 0 Å². The van der Waals surface area contributed by atoms with Crippen molar-refractivity contribution < 1.29 is 49.1 Å². The van der Waals surface area contributed by atoms with Crippen molar-refractivity contribution in [2.45, 2.75) is 57.2 Å². The van der Waals surface area contributed by atoms with Gasteiger partial charge in [-0.2, -0.15) is 0 Å². The average Bonchev–Trinajstić information content (AvgIpc) is 3.02. The molecule has 5 saturated carbocycles. The fourth-order valence-corrected chi connectivity index (χ4v) is 11.2. The van der Waals surface area contributed by atoms with Crippen molar-refractivity contribution in [1.82, 2.24) is 0 Å². The van der Waals surface area contributed by atoms with Crippen LogP contribution in [-0.4, -0.2) is 74.1 Å². The Kier molecular flexibility index (Phi) is 3.75. The summed E-state index contributed by atoms with van der Waals surface area (Å²) in [6.07, 6.45) is -2.93. The molecule has 0 amide bonds. The van der Waals surface area contributed by atoms with E-state index in [1.54, 1.807) is 13.8 Å². The molecule has 6 aliphatic carbocycles. The van der Waals surface area contributed by atoms with E-state index in [1.807, 2.05) is 6.92 Å². The van der Waals surface area contributed by atoms with E-state index in [4.69, 9.17) is 14.6 Å². The Morgan fingerprint density at radius 2 is 1.83 bits per heavy atom. The molecule has 0 aromatic carbocycles. The number of carboxylic acid groups (broad SMARTS) is 1. The monoisotopic (exact) mass is 488 g/mol. The highest BCUT2D eigenvalue weighted by molar-refractivity contribution is 6.29. The first-order valence-electron chi connectivity index (χ1n) is 12.3. The minimum absolute atomic E-state index is 0.0819. The van der Waals surface area contributed by atoms with Gasteiger partial charge in [0.2, 0.25) is 6.10 Å². The van der Waals surface area contributed by atoms with Crippen molar-refractivity contribution in [2.24, 2.45) is 58.2 Å². The van der Waals surface area contributed by atoms with Gasteiger partial charge in [-0.3, -0.25) is 4.79 Å². The maximum absolute atomic E-state index is 13.2. The van der Waals surface area contributed by atoms with Gasteiger partial charge in [0.25, 0.3) is 0 Å². The van der Waals surface area contributed by atoms with Crippen LogP contribution < -0.4 is 0 Å². The van der Waals surface area contributed by atoms with Crippen molar-refractivity contribution >= 4 is 23.7 Å². The molecular formula is C25H28O10. The number of allylic oxidation sites excluding steroid dienone is 1. The third-order valence-electron chi connectivity index (χ3n) is 11.7. The number of carbonyl (C=O) groups is 4. The lowest BCUT2D eigenvalue weighted by molar-refractivity contribution is -0.333. The number of esters is 2. The van der Waals surface area contributed by atoms with Gasteiger partial charge in [0.05, 0.1) is 11.7 Å². The summed E-state index contributed by atoms with van der Waals surface area (Å²) in [6, 6.07) is 0. The molecular weight excluding hydrogens is 460 g/mol. The molecule has 35 heavy (non-hydrogen) atoms. The van der Waals surface area contributed by atoms with E-state index in [-0.39, 0.29) is 35.5 Å². The molecule has 1 saturated heterocycles. The number of aliphatic hydroxyl groups is 3. The number of rotatable bonds is 1. The van der Waals surface area contributed by atoms with Crippen LogP contribution in [0.25, 0.3) is 0 Å². The van der Waals surface area contributed by atoms with Gasteiger partial charge >= 0.3 is 17.9 Å². The molecule has 7 rings (SSSR count). The predicted octanol–water partition coefficient (Wildman–Crippen LogP) is -0.710. The predicted molar refractivity (Wildman–Crippen MR) is 112 cm³/mol. The molecule has 6 fully saturated rings. The Hall–Kier alpha value is -2.30. The van der Waals surface area contributed by atoms with Crippen LogP contribution in [0.2, 0.25) is 0 Å². The lowest BCUT2D eigenvalue weighted by Gasteiger charge is -2.70. The summed E-state index contributed by atoms with van der Waals surface area (Å²) >= 11 is 0. The summed E-state index contributed by atoms with van der Waals surface area (Å²) in [7, 11) is 0.